The van der Waals surface area contributed by atoms with Crippen molar-refractivity contribution < 1.29 is 9.90 Å². The molecule has 0 amide bonds. The molecule has 1 aliphatic heterocycles. The Morgan fingerprint density at radius 2 is 2.45 bits per heavy atom. The summed E-state index contributed by atoms with van der Waals surface area (Å²) in [6.07, 6.45) is 5.17. The minimum Gasteiger partial charge on any atom is -0.480 e. The number of hydrogen-bond donors (Lipinski definition) is 1. The molecule has 60 valence electrons. The number of carboxylic acid groups (broad SMARTS) is 1. The molecule has 0 aromatic carbocycles. The van der Waals surface area contributed by atoms with Gasteiger partial charge in [-0.1, -0.05) is 6.58 Å². The highest BCUT2D eigenvalue weighted by Gasteiger charge is 2.11. The first kappa shape index (κ1) is 7.65. The molecule has 0 saturated heterocycles. The number of carboxylic acids is 1. The molecule has 4 nitrogen and oxygen atoms in total. The van der Waals surface area contributed by atoms with Gasteiger partial charge in [0.2, 0.25) is 0 Å². The van der Waals surface area contributed by atoms with Crippen molar-refractivity contribution >= 4 is 5.97 Å². The van der Waals surface area contributed by atoms with E-state index in [4.69, 9.17) is 5.11 Å². The van der Waals surface area contributed by atoms with E-state index in [1.807, 2.05) is 4.90 Å². The topological polar surface area (TPSA) is 43.8 Å². The molecule has 1 N–H and O–H groups in total. The summed E-state index contributed by atoms with van der Waals surface area (Å²) in [6, 6.07) is 0. The van der Waals surface area contributed by atoms with Crippen molar-refractivity contribution in [3.63, 3.8) is 0 Å². The Hall–Kier alpha value is -1.45. The molecular formula is C7H10N2O2. The lowest BCUT2D eigenvalue weighted by Gasteiger charge is -2.15. The third-order valence-electron chi connectivity index (χ3n) is 1.39. The minimum absolute atomic E-state index is 0.0425. The van der Waals surface area contributed by atoms with E-state index in [9.17, 15) is 4.79 Å². The molecule has 0 aliphatic carbocycles. The molecule has 1 aliphatic rings. The molecule has 0 fully saturated rings. The van der Waals surface area contributed by atoms with Crippen molar-refractivity contribution in [1.82, 2.24) is 9.80 Å². The highest BCUT2D eigenvalue weighted by molar-refractivity contribution is 5.69. The van der Waals surface area contributed by atoms with Crippen LogP contribution in [0.25, 0.3) is 0 Å². The Kier molecular flexibility index (Phi) is 2.15. The van der Waals surface area contributed by atoms with E-state index < -0.39 is 5.97 Å². The molecule has 1 rings (SSSR count). The van der Waals surface area contributed by atoms with Gasteiger partial charge in [-0.25, -0.2) is 0 Å². The zero-order valence-corrected chi connectivity index (χ0v) is 6.10. The van der Waals surface area contributed by atoms with E-state index in [2.05, 4.69) is 6.58 Å². The molecule has 0 aromatic rings. The fraction of sp³-hybridized carbons (Fsp3) is 0.286. The first-order chi connectivity index (χ1) is 5.22. The second-order valence-electron chi connectivity index (χ2n) is 2.28. The summed E-state index contributed by atoms with van der Waals surface area (Å²) in [5.41, 5.74) is 0. The first-order valence-corrected chi connectivity index (χ1v) is 3.25. The predicted octanol–water partition coefficient (Wildman–Crippen LogP) is 0.261. The Morgan fingerprint density at radius 1 is 1.73 bits per heavy atom. The van der Waals surface area contributed by atoms with Crippen LogP contribution in [0.3, 0.4) is 0 Å². The Morgan fingerprint density at radius 3 is 2.91 bits per heavy atom. The van der Waals surface area contributed by atoms with Crippen LogP contribution < -0.4 is 0 Å². The standard InChI is InChI=1S/C7H10N2O2/c1-2-8-3-4-9(6-8)5-7(10)11/h2-4H,1,5-6H2,(H,10,11). The summed E-state index contributed by atoms with van der Waals surface area (Å²) in [7, 11) is 0. The number of rotatable bonds is 3. The highest BCUT2D eigenvalue weighted by Crippen LogP contribution is 2.04. The van der Waals surface area contributed by atoms with Gasteiger partial charge in [0.15, 0.2) is 0 Å². The maximum absolute atomic E-state index is 10.2. The van der Waals surface area contributed by atoms with Crippen LogP contribution >= 0.6 is 0 Å². The van der Waals surface area contributed by atoms with Crippen LogP contribution in [0.4, 0.5) is 0 Å². The van der Waals surface area contributed by atoms with Gasteiger partial charge < -0.3 is 14.9 Å². The molecule has 4 heteroatoms. The maximum Gasteiger partial charge on any atom is 0.323 e. The normalized spacial score (nSPS) is 15.6. The maximum atomic E-state index is 10.2. The fourth-order valence-electron chi connectivity index (χ4n) is 0.879. The zero-order chi connectivity index (χ0) is 8.27. The third-order valence-corrected chi connectivity index (χ3v) is 1.39. The van der Waals surface area contributed by atoms with Gasteiger partial charge >= 0.3 is 5.97 Å². The number of aliphatic carboxylic acids is 1. The average Bonchev–Trinajstić information content (AvgIpc) is 2.34. The summed E-state index contributed by atoms with van der Waals surface area (Å²) in [5.74, 6) is -0.819. The van der Waals surface area contributed by atoms with Gasteiger partial charge in [0.25, 0.3) is 0 Å². The van der Waals surface area contributed by atoms with Gasteiger partial charge in [-0.05, 0) is 6.20 Å². The molecule has 0 spiro atoms. The van der Waals surface area contributed by atoms with E-state index in [-0.39, 0.29) is 6.54 Å². The second-order valence-corrected chi connectivity index (χ2v) is 2.28. The second kappa shape index (κ2) is 3.09. The monoisotopic (exact) mass is 154 g/mol. The van der Waals surface area contributed by atoms with Gasteiger partial charge in [0.1, 0.15) is 6.54 Å². The number of carbonyl (C=O) groups is 1. The van der Waals surface area contributed by atoms with Gasteiger partial charge in [-0.3, -0.25) is 4.79 Å². The van der Waals surface area contributed by atoms with Crippen LogP contribution in [0.5, 0.6) is 0 Å². The van der Waals surface area contributed by atoms with Gasteiger partial charge in [-0.2, -0.15) is 0 Å². The van der Waals surface area contributed by atoms with E-state index in [0.717, 1.165) is 0 Å². The molecule has 0 saturated carbocycles. The lowest BCUT2D eigenvalue weighted by Crippen LogP contribution is -2.27. The number of nitrogens with zero attached hydrogens (tertiary/aromatic N) is 2. The van der Waals surface area contributed by atoms with Gasteiger partial charge in [0, 0.05) is 12.4 Å². The zero-order valence-electron chi connectivity index (χ0n) is 6.10. The van der Waals surface area contributed by atoms with Crippen LogP contribution in [0.2, 0.25) is 0 Å². The summed E-state index contributed by atoms with van der Waals surface area (Å²) in [6.45, 7) is 4.18. The van der Waals surface area contributed by atoms with Crippen molar-refractivity contribution in [2.45, 2.75) is 0 Å². The predicted molar refractivity (Wildman–Crippen MR) is 40.4 cm³/mol. The summed E-state index contributed by atoms with van der Waals surface area (Å²) in [4.78, 5) is 13.7. The van der Waals surface area contributed by atoms with Crippen molar-refractivity contribution in [2.24, 2.45) is 0 Å². The van der Waals surface area contributed by atoms with Crippen LogP contribution in [0.1, 0.15) is 0 Å². The lowest BCUT2D eigenvalue weighted by atomic mass is 10.6. The molecule has 11 heavy (non-hydrogen) atoms. The largest absolute Gasteiger partial charge is 0.480 e. The minimum atomic E-state index is -0.819. The van der Waals surface area contributed by atoms with Gasteiger partial charge in [-0.15, -0.1) is 0 Å². The first-order valence-electron chi connectivity index (χ1n) is 3.25. The van der Waals surface area contributed by atoms with Crippen LogP contribution in [0, 0.1) is 0 Å². The van der Waals surface area contributed by atoms with Crippen LogP contribution in [0.15, 0.2) is 25.2 Å². The van der Waals surface area contributed by atoms with E-state index >= 15 is 0 Å². The SMILES string of the molecule is C=CN1C=CN(CC(=O)O)C1. The van der Waals surface area contributed by atoms with Gasteiger partial charge in [0.05, 0.1) is 6.67 Å². The summed E-state index contributed by atoms with van der Waals surface area (Å²) >= 11 is 0. The van der Waals surface area contributed by atoms with Crippen molar-refractivity contribution in [3.8, 4) is 0 Å². The molecule has 0 unspecified atom stereocenters. The van der Waals surface area contributed by atoms with Crippen molar-refractivity contribution in [1.29, 1.82) is 0 Å². The van der Waals surface area contributed by atoms with Crippen LogP contribution in [-0.2, 0) is 4.79 Å². The molecule has 0 atom stereocenters. The number of hydrogen-bond acceptors (Lipinski definition) is 3. The van der Waals surface area contributed by atoms with E-state index in [1.165, 1.54) is 0 Å². The molecule has 1 heterocycles. The third kappa shape index (κ3) is 2.00. The fourth-order valence-corrected chi connectivity index (χ4v) is 0.879. The highest BCUT2D eigenvalue weighted by atomic mass is 16.4. The Bertz CT molecular complexity index is 201. The average molecular weight is 154 g/mol. The molecular weight excluding hydrogens is 144 g/mol. The summed E-state index contributed by atoms with van der Waals surface area (Å²) < 4.78 is 0. The smallest absolute Gasteiger partial charge is 0.323 e. The molecule has 0 radical (unpaired) electrons. The van der Waals surface area contributed by atoms with Crippen molar-refractivity contribution in [3.05, 3.63) is 25.2 Å². The Labute approximate surface area is 65.0 Å². The quantitative estimate of drug-likeness (QED) is 0.633. The molecule has 0 aromatic heterocycles. The summed E-state index contributed by atoms with van der Waals surface area (Å²) in [5, 5.41) is 8.41. The Balaban J connectivity index is 2.37. The molecule has 0 bridgehead atoms. The van der Waals surface area contributed by atoms with Crippen molar-refractivity contribution in [2.75, 3.05) is 13.2 Å². The van der Waals surface area contributed by atoms with E-state index in [0.29, 0.717) is 6.67 Å². The van der Waals surface area contributed by atoms with E-state index in [1.54, 1.807) is 23.5 Å². The van der Waals surface area contributed by atoms with Crippen LogP contribution in [-0.4, -0.2) is 34.1 Å². The lowest BCUT2D eigenvalue weighted by molar-refractivity contribution is -0.137.